The van der Waals surface area contributed by atoms with Crippen molar-refractivity contribution in [3.05, 3.63) is 0 Å². The van der Waals surface area contributed by atoms with Gasteiger partial charge in [-0.1, -0.05) is 27.2 Å². The van der Waals surface area contributed by atoms with Gasteiger partial charge in [-0.05, 0) is 44.6 Å². The summed E-state index contributed by atoms with van der Waals surface area (Å²) in [7, 11) is 2.05. The van der Waals surface area contributed by atoms with E-state index in [-0.39, 0.29) is 11.4 Å². The second kappa shape index (κ2) is 7.99. The SMILES string of the molecule is CCC1CCC(CN)(N(C)CC(=O)NCC(C)C)CC1. The first kappa shape index (κ1) is 17.4. The number of carbonyl (C=O) groups is 1. The van der Waals surface area contributed by atoms with Gasteiger partial charge in [0.1, 0.15) is 0 Å². The van der Waals surface area contributed by atoms with E-state index in [1.54, 1.807) is 0 Å². The van der Waals surface area contributed by atoms with Gasteiger partial charge in [0.2, 0.25) is 5.91 Å². The zero-order valence-corrected chi connectivity index (χ0v) is 13.7. The van der Waals surface area contributed by atoms with Crippen molar-refractivity contribution in [2.75, 3.05) is 26.7 Å². The number of rotatable bonds is 7. The van der Waals surface area contributed by atoms with Crippen molar-refractivity contribution in [3.8, 4) is 0 Å². The Labute approximate surface area is 124 Å². The number of hydrogen-bond acceptors (Lipinski definition) is 3. The molecule has 1 aliphatic rings. The molecule has 1 aliphatic carbocycles. The molecule has 0 spiro atoms. The van der Waals surface area contributed by atoms with E-state index in [2.05, 4.69) is 31.0 Å². The predicted octanol–water partition coefficient (Wildman–Crippen LogP) is 1.99. The highest BCUT2D eigenvalue weighted by Gasteiger charge is 2.37. The lowest BCUT2D eigenvalue weighted by Gasteiger charge is -2.45. The summed E-state index contributed by atoms with van der Waals surface area (Å²) in [6.07, 6.45) is 5.99. The van der Waals surface area contributed by atoms with E-state index < -0.39 is 0 Å². The normalized spacial score (nSPS) is 27.1. The van der Waals surface area contributed by atoms with Gasteiger partial charge in [0.15, 0.2) is 0 Å². The quantitative estimate of drug-likeness (QED) is 0.751. The molecule has 0 aliphatic heterocycles. The van der Waals surface area contributed by atoms with Crippen molar-refractivity contribution in [1.29, 1.82) is 0 Å². The van der Waals surface area contributed by atoms with Crippen LogP contribution in [0.3, 0.4) is 0 Å². The number of nitrogens with one attached hydrogen (secondary N) is 1. The maximum absolute atomic E-state index is 12.0. The minimum atomic E-state index is 0.0286. The lowest BCUT2D eigenvalue weighted by molar-refractivity contribution is -0.124. The Hall–Kier alpha value is -0.610. The molecule has 3 N–H and O–H groups in total. The van der Waals surface area contributed by atoms with Crippen LogP contribution in [0, 0.1) is 11.8 Å². The molecule has 1 fully saturated rings. The summed E-state index contributed by atoms with van der Waals surface area (Å²) < 4.78 is 0. The molecule has 1 amide bonds. The Morgan fingerprint density at radius 3 is 2.45 bits per heavy atom. The molecule has 4 heteroatoms. The second-order valence-corrected chi connectivity index (χ2v) is 6.83. The van der Waals surface area contributed by atoms with Gasteiger partial charge in [0, 0.05) is 18.6 Å². The molecule has 0 heterocycles. The van der Waals surface area contributed by atoms with Crippen molar-refractivity contribution in [2.45, 2.75) is 58.4 Å². The largest absolute Gasteiger partial charge is 0.355 e. The highest BCUT2D eigenvalue weighted by molar-refractivity contribution is 5.78. The summed E-state index contributed by atoms with van der Waals surface area (Å²) in [5.74, 6) is 1.46. The number of nitrogens with two attached hydrogens (primary N) is 1. The van der Waals surface area contributed by atoms with Gasteiger partial charge in [-0.2, -0.15) is 0 Å². The second-order valence-electron chi connectivity index (χ2n) is 6.83. The standard InChI is InChI=1S/C16H33N3O/c1-5-14-6-8-16(12-17,9-7-14)19(4)11-15(20)18-10-13(2)3/h13-14H,5-12,17H2,1-4H3,(H,18,20). The predicted molar refractivity (Wildman–Crippen MR) is 84.5 cm³/mol. The Kier molecular flexibility index (Phi) is 6.96. The topological polar surface area (TPSA) is 58.4 Å². The van der Waals surface area contributed by atoms with Gasteiger partial charge in [-0.3, -0.25) is 9.69 Å². The van der Waals surface area contributed by atoms with Crippen LogP contribution in [0.25, 0.3) is 0 Å². The molecule has 0 radical (unpaired) electrons. The Bertz CT molecular complexity index is 296. The highest BCUT2D eigenvalue weighted by atomic mass is 16.2. The van der Waals surface area contributed by atoms with Crippen LogP contribution < -0.4 is 11.1 Å². The van der Waals surface area contributed by atoms with Crippen LogP contribution in [0.4, 0.5) is 0 Å². The zero-order chi connectivity index (χ0) is 15.2. The smallest absolute Gasteiger partial charge is 0.234 e. The Morgan fingerprint density at radius 1 is 1.40 bits per heavy atom. The molecule has 0 unspecified atom stereocenters. The maximum atomic E-state index is 12.0. The maximum Gasteiger partial charge on any atom is 0.234 e. The minimum Gasteiger partial charge on any atom is -0.355 e. The molecule has 1 saturated carbocycles. The molecule has 0 aromatic heterocycles. The number of carbonyl (C=O) groups excluding carboxylic acids is 1. The Balaban J connectivity index is 2.50. The summed E-state index contributed by atoms with van der Waals surface area (Å²) >= 11 is 0. The fraction of sp³-hybridized carbons (Fsp3) is 0.938. The third kappa shape index (κ3) is 4.74. The van der Waals surface area contributed by atoms with E-state index in [1.807, 2.05) is 7.05 Å². The monoisotopic (exact) mass is 283 g/mol. The molecule has 4 nitrogen and oxygen atoms in total. The van der Waals surface area contributed by atoms with E-state index in [1.165, 1.54) is 19.3 Å². The average molecular weight is 283 g/mol. The molecule has 0 atom stereocenters. The lowest BCUT2D eigenvalue weighted by Crippen LogP contribution is -2.56. The molecular formula is C16H33N3O. The summed E-state index contributed by atoms with van der Waals surface area (Å²) in [4.78, 5) is 14.2. The van der Waals surface area contributed by atoms with Gasteiger partial charge < -0.3 is 11.1 Å². The van der Waals surface area contributed by atoms with E-state index in [9.17, 15) is 4.79 Å². The van der Waals surface area contributed by atoms with E-state index in [0.717, 1.165) is 25.3 Å². The first-order chi connectivity index (χ1) is 9.43. The van der Waals surface area contributed by atoms with Crippen LogP contribution in [0.2, 0.25) is 0 Å². The third-order valence-electron chi connectivity index (χ3n) is 4.89. The summed E-state index contributed by atoms with van der Waals surface area (Å²) in [6, 6.07) is 0. The van der Waals surface area contributed by atoms with Crippen LogP contribution in [-0.4, -0.2) is 43.0 Å². The minimum absolute atomic E-state index is 0.0286. The fourth-order valence-electron chi connectivity index (χ4n) is 3.12. The number of hydrogen-bond donors (Lipinski definition) is 2. The summed E-state index contributed by atoms with van der Waals surface area (Å²) in [6.45, 7) is 8.34. The van der Waals surface area contributed by atoms with Crippen molar-refractivity contribution in [3.63, 3.8) is 0 Å². The summed E-state index contributed by atoms with van der Waals surface area (Å²) in [5, 5.41) is 2.99. The van der Waals surface area contributed by atoms with Gasteiger partial charge in [-0.15, -0.1) is 0 Å². The number of likely N-dealkylation sites (N-methyl/N-ethyl adjacent to an activating group) is 1. The van der Waals surface area contributed by atoms with Gasteiger partial charge >= 0.3 is 0 Å². The third-order valence-corrected chi connectivity index (χ3v) is 4.89. The molecule has 0 bridgehead atoms. The molecular weight excluding hydrogens is 250 g/mol. The highest BCUT2D eigenvalue weighted by Crippen LogP contribution is 2.36. The molecule has 1 rings (SSSR count). The summed E-state index contributed by atoms with van der Waals surface area (Å²) in [5.41, 5.74) is 6.08. The van der Waals surface area contributed by atoms with E-state index in [0.29, 0.717) is 19.0 Å². The average Bonchev–Trinajstić information content (AvgIpc) is 2.45. The van der Waals surface area contributed by atoms with Crippen LogP contribution in [0.5, 0.6) is 0 Å². The molecule has 0 aromatic carbocycles. The van der Waals surface area contributed by atoms with Crippen molar-refractivity contribution >= 4 is 5.91 Å². The van der Waals surface area contributed by atoms with Crippen molar-refractivity contribution < 1.29 is 4.79 Å². The molecule has 20 heavy (non-hydrogen) atoms. The van der Waals surface area contributed by atoms with Gasteiger partial charge in [-0.25, -0.2) is 0 Å². The molecule has 0 saturated heterocycles. The van der Waals surface area contributed by atoms with Crippen molar-refractivity contribution in [1.82, 2.24) is 10.2 Å². The number of nitrogens with zero attached hydrogens (tertiary/aromatic N) is 1. The van der Waals surface area contributed by atoms with E-state index in [4.69, 9.17) is 5.73 Å². The molecule has 0 aromatic rings. The van der Waals surface area contributed by atoms with Crippen molar-refractivity contribution in [2.24, 2.45) is 17.6 Å². The van der Waals surface area contributed by atoms with E-state index >= 15 is 0 Å². The van der Waals surface area contributed by atoms with Crippen LogP contribution in [0.15, 0.2) is 0 Å². The van der Waals surface area contributed by atoms with Crippen LogP contribution in [-0.2, 0) is 4.79 Å². The first-order valence-corrected chi connectivity index (χ1v) is 8.11. The van der Waals surface area contributed by atoms with Gasteiger partial charge in [0.25, 0.3) is 0 Å². The zero-order valence-electron chi connectivity index (χ0n) is 13.7. The first-order valence-electron chi connectivity index (χ1n) is 8.11. The van der Waals surface area contributed by atoms with Crippen LogP contribution in [0.1, 0.15) is 52.9 Å². The Morgan fingerprint density at radius 2 is 2.00 bits per heavy atom. The lowest BCUT2D eigenvalue weighted by atomic mass is 9.74. The fourth-order valence-corrected chi connectivity index (χ4v) is 3.12. The molecule has 118 valence electrons. The van der Waals surface area contributed by atoms with Gasteiger partial charge in [0.05, 0.1) is 6.54 Å². The van der Waals surface area contributed by atoms with Crippen LogP contribution >= 0.6 is 0 Å². The number of amides is 1.